The molecular formula is C4H3N2O2. The van der Waals surface area contributed by atoms with Gasteiger partial charge in [0.15, 0.2) is 6.20 Å². The highest BCUT2D eigenvalue weighted by Gasteiger charge is 1.98. The molecule has 0 aromatic carbocycles. The summed E-state index contributed by atoms with van der Waals surface area (Å²) in [7, 11) is 0. The minimum atomic E-state index is -0.503. The molecule has 0 saturated heterocycles. The first-order chi connectivity index (χ1) is 3.80. The van der Waals surface area contributed by atoms with Crippen molar-refractivity contribution >= 4 is 5.82 Å². The molecule has 1 N–H and O–H groups in total. The van der Waals surface area contributed by atoms with Gasteiger partial charge in [0.25, 0.3) is 0 Å². The van der Waals surface area contributed by atoms with Crippen molar-refractivity contribution in [2.45, 2.75) is 0 Å². The highest BCUT2D eigenvalue weighted by atomic mass is 16.6. The molecule has 1 rings (SSSR count). The molecule has 0 saturated carbocycles. The predicted octanol–water partition coefficient (Wildman–Crippen LogP) is 0.723. The van der Waals surface area contributed by atoms with Crippen LogP contribution in [0.1, 0.15) is 0 Å². The van der Waals surface area contributed by atoms with E-state index in [0.29, 0.717) is 0 Å². The molecule has 0 atom stereocenters. The fourth-order valence-electron chi connectivity index (χ4n) is 0.384. The quantitative estimate of drug-likeness (QED) is 0.428. The maximum absolute atomic E-state index is 9.82. The fraction of sp³-hybridized carbons (Fsp3) is 0. The standard InChI is InChI=1S/C4H3N2O2/c7-6(8)4-2-1-3-5-4/h1-2,5H. The number of rotatable bonds is 1. The zero-order valence-electron chi connectivity index (χ0n) is 3.92. The highest BCUT2D eigenvalue weighted by Crippen LogP contribution is 2.02. The van der Waals surface area contributed by atoms with E-state index in [1.54, 1.807) is 0 Å². The Hall–Kier alpha value is -1.32. The number of hydrogen-bond acceptors (Lipinski definition) is 2. The normalized spacial score (nSPS) is 9.00. The van der Waals surface area contributed by atoms with Crippen LogP contribution < -0.4 is 0 Å². The van der Waals surface area contributed by atoms with E-state index in [4.69, 9.17) is 0 Å². The summed E-state index contributed by atoms with van der Waals surface area (Å²) >= 11 is 0. The van der Waals surface area contributed by atoms with Crippen molar-refractivity contribution in [2.24, 2.45) is 0 Å². The molecule has 1 aromatic rings. The molecule has 0 spiro atoms. The third-order valence-electron chi connectivity index (χ3n) is 0.721. The van der Waals surface area contributed by atoms with Crippen LogP contribution in [0.5, 0.6) is 0 Å². The molecule has 4 nitrogen and oxygen atoms in total. The Balaban J connectivity index is 2.93. The average Bonchev–Trinajstić information content (AvgIpc) is 2.12. The van der Waals surface area contributed by atoms with Gasteiger partial charge in [0.1, 0.15) is 0 Å². The van der Waals surface area contributed by atoms with E-state index < -0.39 is 4.92 Å². The van der Waals surface area contributed by atoms with Gasteiger partial charge in [-0.3, -0.25) is 0 Å². The van der Waals surface area contributed by atoms with Crippen molar-refractivity contribution in [1.82, 2.24) is 4.98 Å². The van der Waals surface area contributed by atoms with Crippen LogP contribution in [0, 0.1) is 16.3 Å². The zero-order chi connectivity index (χ0) is 5.98. The number of aromatic amines is 1. The number of H-pyrrole nitrogens is 1. The van der Waals surface area contributed by atoms with Gasteiger partial charge in [0.05, 0.1) is 0 Å². The van der Waals surface area contributed by atoms with Gasteiger partial charge in [0.2, 0.25) is 0 Å². The molecule has 0 fully saturated rings. The lowest BCUT2D eigenvalue weighted by atomic mass is 10.6. The molecule has 0 aliphatic heterocycles. The molecule has 1 radical (unpaired) electrons. The lowest BCUT2D eigenvalue weighted by Gasteiger charge is -1.84. The van der Waals surface area contributed by atoms with Gasteiger partial charge < -0.3 is 10.1 Å². The summed E-state index contributed by atoms with van der Waals surface area (Å²) in [5.74, 6) is -0.0231. The first-order valence-corrected chi connectivity index (χ1v) is 2.00. The lowest BCUT2D eigenvalue weighted by Crippen LogP contribution is -1.85. The van der Waals surface area contributed by atoms with Gasteiger partial charge in [-0.2, -0.15) is 0 Å². The van der Waals surface area contributed by atoms with Crippen molar-refractivity contribution in [2.75, 3.05) is 0 Å². The van der Waals surface area contributed by atoms with E-state index in [1.807, 2.05) is 0 Å². The zero-order valence-corrected chi connectivity index (χ0v) is 3.92. The van der Waals surface area contributed by atoms with Crippen LogP contribution in [-0.4, -0.2) is 9.91 Å². The molecule has 1 aromatic heterocycles. The van der Waals surface area contributed by atoms with Crippen LogP contribution >= 0.6 is 0 Å². The largest absolute Gasteiger partial charge is 0.358 e. The number of hydrogen-bond donors (Lipinski definition) is 1. The van der Waals surface area contributed by atoms with E-state index in [0.717, 1.165) is 0 Å². The van der Waals surface area contributed by atoms with Crippen LogP contribution in [0.15, 0.2) is 12.1 Å². The van der Waals surface area contributed by atoms with Gasteiger partial charge in [0, 0.05) is 6.07 Å². The fourth-order valence-corrected chi connectivity index (χ4v) is 0.384. The highest BCUT2D eigenvalue weighted by molar-refractivity contribution is 5.16. The molecule has 1 heterocycles. The molecule has 41 valence electrons. The third-order valence-corrected chi connectivity index (χ3v) is 0.721. The summed E-state index contributed by atoms with van der Waals surface area (Å²) in [6.07, 6.45) is 2.44. The van der Waals surface area contributed by atoms with E-state index in [2.05, 4.69) is 11.2 Å². The Kier molecular flexibility index (Phi) is 0.997. The van der Waals surface area contributed by atoms with Crippen molar-refractivity contribution < 1.29 is 4.92 Å². The maximum Gasteiger partial charge on any atom is 0.321 e. The van der Waals surface area contributed by atoms with Crippen LogP contribution in [0.25, 0.3) is 0 Å². The van der Waals surface area contributed by atoms with Crippen molar-refractivity contribution in [3.05, 3.63) is 28.4 Å². The molecule has 0 unspecified atom stereocenters. The Labute approximate surface area is 45.3 Å². The summed E-state index contributed by atoms with van der Waals surface area (Å²) < 4.78 is 0. The molecular weight excluding hydrogens is 108 g/mol. The summed E-state index contributed by atoms with van der Waals surface area (Å²) in [5.41, 5.74) is 0. The van der Waals surface area contributed by atoms with Gasteiger partial charge in [-0.05, 0) is 11.0 Å². The van der Waals surface area contributed by atoms with Crippen LogP contribution in [0.3, 0.4) is 0 Å². The summed E-state index contributed by atoms with van der Waals surface area (Å²) in [5, 5.41) is 9.82. The molecule has 0 aliphatic rings. The second kappa shape index (κ2) is 1.65. The number of nitro groups is 1. The number of nitrogens with one attached hydrogen (secondary N) is 1. The molecule has 0 amide bonds. The first kappa shape index (κ1) is 4.83. The van der Waals surface area contributed by atoms with E-state index in [9.17, 15) is 10.1 Å². The van der Waals surface area contributed by atoms with Crippen LogP contribution in [0.4, 0.5) is 5.82 Å². The molecule has 0 aliphatic carbocycles. The molecule has 0 bridgehead atoms. The maximum atomic E-state index is 9.82. The third kappa shape index (κ3) is 0.676. The average molecular weight is 111 g/mol. The van der Waals surface area contributed by atoms with E-state index in [-0.39, 0.29) is 5.82 Å². The minimum absolute atomic E-state index is 0.0231. The molecule has 8 heavy (non-hydrogen) atoms. The van der Waals surface area contributed by atoms with Gasteiger partial charge in [-0.25, -0.2) is 4.98 Å². The summed E-state index contributed by atoms with van der Waals surface area (Å²) in [6, 6.07) is 2.80. The van der Waals surface area contributed by atoms with Crippen molar-refractivity contribution in [1.29, 1.82) is 0 Å². The van der Waals surface area contributed by atoms with E-state index in [1.165, 1.54) is 12.1 Å². The predicted molar refractivity (Wildman–Crippen MR) is 26.3 cm³/mol. The summed E-state index contributed by atoms with van der Waals surface area (Å²) in [4.78, 5) is 11.6. The summed E-state index contributed by atoms with van der Waals surface area (Å²) in [6.45, 7) is 0. The Morgan fingerprint density at radius 1 is 1.88 bits per heavy atom. The second-order valence-corrected chi connectivity index (χ2v) is 1.25. The smallest absolute Gasteiger partial charge is 0.321 e. The van der Waals surface area contributed by atoms with E-state index >= 15 is 0 Å². The topological polar surface area (TPSA) is 58.9 Å². The minimum Gasteiger partial charge on any atom is -0.358 e. The number of nitrogens with zero attached hydrogens (tertiary/aromatic N) is 1. The lowest BCUT2D eigenvalue weighted by molar-refractivity contribution is -0.389. The van der Waals surface area contributed by atoms with Gasteiger partial charge >= 0.3 is 5.82 Å². The van der Waals surface area contributed by atoms with Crippen LogP contribution in [-0.2, 0) is 0 Å². The SMILES string of the molecule is O=[N+]([O-])c1cc[c][nH]1. The van der Waals surface area contributed by atoms with Gasteiger partial charge in [-0.15, -0.1) is 0 Å². The van der Waals surface area contributed by atoms with Crippen molar-refractivity contribution in [3.63, 3.8) is 0 Å². The Bertz CT molecular complexity index is 180. The van der Waals surface area contributed by atoms with Crippen LogP contribution in [0.2, 0.25) is 0 Å². The first-order valence-electron chi connectivity index (χ1n) is 2.00. The number of aromatic nitrogens is 1. The monoisotopic (exact) mass is 111 g/mol. The Morgan fingerprint density at radius 3 is 2.88 bits per heavy atom. The molecule has 4 heteroatoms. The second-order valence-electron chi connectivity index (χ2n) is 1.25. The van der Waals surface area contributed by atoms with Crippen molar-refractivity contribution in [3.8, 4) is 0 Å². The Morgan fingerprint density at radius 2 is 2.62 bits per heavy atom. The van der Waals surface area contributed by atoms with Gasteiger partial charge in [-0.1, -0.05) is 0 Å².